The molecule has 0 aromatic heterocycles. The highest BCUT2D eigenvalue weighted by atomic mass is 32.2. The molecule has 4 nitrogen and oxygen atoms in total. The first-order chi connectivity index (χ1) is 7.74. The van der Waals surface area contributed by atoms with Crippen LogP contribution in [-0.4, -0.2) is 49.3 Å². The molecule has 0 radical (unpaired) electrons. The fraction of sp³-hybridized carbons (Fsp3) is 0.909. The Labute approximate surface area is 102 Å². The molecule has 94 valence electrons. The smallest absolute Gasteiger partial charge is 0.250 e. The lowest BCUT2D eigenvalue weighted by Crippen LogP contribution is -2.49. The van der Waals surface area contributed by atoms with Gasteiger partial charge in [-0.2, -0.15) is 11.8 Å². The van der Waals surface area contributed by atoms with Crippen molar-refractivity contribution >= 4 is 17.7 Å². The van der Waals surface area contributed by atoms with Gasteiger partial charge in [-0.1, -0.05) is 6.92 Å². The van der Waals surface area contributed by atoms with E-state index >= 15 is 0 Å². The van der Waals surface area contributed by atoms with Crippen molar-refractivity contribution in [1.29, 1.82) is 0 Å². The van der Waals surface area contributed by atoms with E-state index in [1.165, 1.54) is 0 Å². The summed E-state index contributed by atoms with van der Waals surface area (Å²) < 4.78 is 5.39. The van der Waals surface area contributed by atoms with Gasteiger partial charge in [-0.25, -0.2) is 0 Å². The Morgan fingerprint density at radius 1 is 1.69 bits per heavy atom. The van der Waals surface area contributed by atoms with Crippen LogP contribution in [-0.2, 0) is 9.53 Å². The zero-order chi connectivity index (χ0) is 11.8. The van der Waals surface area contributed by atoms with E-state index in [1.54, 1.807) is 0 Å². The molecule has 1 heterocycles. The van der Waals surface area contributed by atoms with Gasteiger partial charge in [0.2, 0.25) is 0 Å². The second-order valence-corrected chi connectivity index (χ2v) is 5.35. The SMILES string of the molecule is CCSCCC(C)NC(=O)C1CNCCO1. The number of nitrogens with one attached hydrogen (secondary N) is 2. The normalized spacial score (nSPS) is 22.8. The maximum atomic E-state index is 11.8. The van der Waals surface area contributed by atoms with Crippen LogP contribution in [0.1, 0.15) is 20.3 Å². The summed E-state index contributed by atoms with van der Waals surface area (Å²) in [5, 5.41) is 6.14. The van der Waals surface area contributed by atoms with Crippen molar-refractivity contribution in [2.24, 2.45) is 0 Å². The summed E-state index contributed by atoms with van der Waals surface area (Å²) in [6, 6.07) is 0.233. The summed E-state index contributed by atoms with van der Waals surface area (Å²) in [6.07, 6.45) is 0.708. The molecule has 5 heteroatoms. The Balaban J connectivity index is 2.16. The topological polar surface area (TPSA) is 50.4 Å². The number of hydrogen-bond donors (Lipinski definition) is 2. The lowest BCUT2D eigenvalue weighted by atomic mass is 10.2. The van der Waals surface area contributed by atoms with E-state index in [2.05, 4.69) is 17.6 Å². The average molecular weight is 246 g/mol. The van der Waals surface area contributed by atoms with Crippen molar-refractivity contribution in [1.82, 2.24) is 10.6 Å². The second kappa shape index (κ2) is 7.92. The molecule has 2 N–H and O–H groups in total. The summed E-state index contributed by atoms with van der Waals surface area (Å²) in [5.74, 6) is 2.25. The molecule has 0 bridgehead atoms. The van der Waals surface area contributed by atoms with Gasteiger partial charge in [-0.15, -0.1) is 0 Å². The minimum absolute atomic E-state index is 0.0150. The molecule has 16 heavy (non-hydrogen) atoms. The molecule has 0 saturated carbocycles. The predicted octanol–water partition coefficient (Wildman–Crippen LogP) is 0.623. The Morgan fingerprint density at radius 2 is 2.50 bits per heavy atom. The number of ether oxygens (including phenoxy) is 1. The molecule has 0 spiro atoms. The van der Waals surface area contributed by atoms with Crippen LogP contribution in [0.3, 0.4) is 0 Å². The van der Waals surface area contributed by atoms with Gasteiger partial charge in [0.25, 0.3) is 5.91 Å². The average Bonchev–Trinajstić information content (AvgIpc) is 2.30. The van der Waals surface area contributed by atoms with Crippen LogP contribution in [0.25, 0.3) is 0 Å². The summed E-state index contributed by atoms with van der Waals surface area (Å²) >= 11 is 1.90. The minimum Gasteiger partial charge on any atom is -0.366 e. The third-order valence-corrected chi connectivity index (χ3v) is 3.44. The summed E-state index contributed by atoms with van der Waals surface area (Å²) in [7, 11) is 0. The monoisotopic (exact) mass is 246 g/mol. The van der Waals surface area contributed by atoms with Crippen molar-refractivity contribution < 1.29 is 9.53 Å². The lowest BCUT2D eigenvalue weighted by molar-refractivity contribution is -0.134. The number of morpholine rings is 1. The van der Waals surface area contributed by atoms with Crippen molar-refractivity contribution in [2.75, 3.05) is 31.2 Å². The zero-order valence-corrected chi connectivity index (χ0v) is 10.9. The highest BCUT2D eigenvalue weighted by Gasteiger charge is 2.22. The quantitative estimate of drug-likeness (QED) is 0.675. The van der Waals surface area contributed by atoms with E-state index in [9.17, 15) is 4.79 Å². The molecule has 2 atom stereocenters. The fourth-order valence-electron chi connectivity index (χ4n) is 1.55. The van der Waals surface area contributed by atoms with Gasteiger partial charge in [0, 0.05) is 19.1 Å². The molecule has 1 amide bonds. The number of hydrogen-bond acceptors (Lipinski definition) is 4. The first kappa shape index (κ1) is 13.8. The maximum absolute atomic E-state index is 11.8. The molecule has 1 aliphatic rings. The van der Waals surface area contributed by atoms with E-state index in [4.69, 9.17) is 4.74 Å². The highest BCUT2D eigenvalue weighted by Crippen LogP contribution is 2.04. The van der Waals surface area contributed by atoms with E-state index in [1.807, 2.05) is 18.7 Å². The van der Waals surface area contributed by atoms with Gasteiger partial charge < -0.3 is 15.4 Å². The van der Waals surface area contributed by atoms with Gasteiger partial charge in [0.1, 0.15) is 6.10 Å². The van der Waals surface area contributed by atoms with Crippen molar-refractivity contribution in [3.05, 3.63) is 0 Å². The number of amides is 1. The van der Waals surface area contributed by atoms with Crippen molar-refractivity contribution in [3.63, 3.8) is 0 Å². The minimum atomic E-state index is -0.310. The molecule has 1 rings (SSSR count). The summed E-state index contributed by atoms with van der Waals surface area (Å²) in [5.41, 5.74) is 0. The van der Waals surface area contributed by atoms with Gasteiger partial charge in [0.15, 0.2) is 0 Å². The van der Waals surface area contributed by atoms with Crippen LogP contribution in [0.15, 0.2) is 0 Å². The third-order valence-electron chi connectivity index (χ3n) is 2.51. The van der Waals surface area contributed by atoms with Gasteiger partial charge >= 0.3 is 0 Å². The zero-order valence-electron chi connectivity index (χ0n) is 10.1. The van der Waals surface area contributed by atoms with Gasteiger partial charge in [0.05, 0.1) is 6.61 Å². The lowest BCUT2D eigenvalue weighted by Gasteiger charge is -2.24. The number of carbonyl (C=O) groups excluding carboxylic acids is 1. The number of carbonyl (C=O) groups is 1. The number of rotatable bonds is 6. The van der Waals surface area contributed by atoms with E-state index in [0.29, 0.717) is 13.2 Å². The second-order valence-electron chi connectivity index (χ2n) is 3.96. The van der Waals surface area contributed by atoms with Crippen LogP contribution in [0.2, 0.25) is 0 Å². The number of thioether (sulfide) groups is 1. The molecule has 0 aromatic rings. The molecular formula is C11H22N2O2S. The van der Waals surface area contributed by atoms with Crippen LogP contribution in [0, 0.1) is 0 Å². The molecule has 1 fully saturated rings. The molecule has 1 aliphatic heterocycles. The largest absolute Gasteiger partial charge is 0.366 e. The van der Waals surface area contributed by atoms with Gasteiger partial charge in [-0.3, -0.25) is 4.79 Å². The third kappa shape index (κ3) is 5.18. The van der Waals surface area contributed by atoms with Gasteiger partial charge in [-0.05, 0) is 24.9 Å². The highest BCUT2D eigenvalue weighted by molar-refractivity contribution is 7.99. The van der Waals surface area contributed by atoms with E-state index in [0.717, 1.165) is 24.5 Å². The maximum Gasteiger partial charge on any atom is 0.250 e. The predicted molar refractivity (Wildman–Crippen MR) is 67.8 cm³/mol. The Morgan fingerprint density at radius 3 is 3.12 bits per heavy atom. The van der Waals surface area contributed by atoms with Crippen LogP contribution < -0.4 is 10.6 Å². The van der Waals surface area contributed by atoms with Crippen LogP contribution in [0.4, 0.5) is 0 Å². The molecule has 1 saturated heterocycles. The fourth-order valence-corrected chi connectivity index (χ4v) is 2.36. The van der Waals surface area contributed by atoms with Crippen molar-refractivity contribution in [2.45, 2.75) is 32.4 Å². The Kier molecular flexibility index (Phi) is 6.84. The Hall–Kier alpha value is -0.260. The molecular weight excluding hydrogens is 224 g/mol. The Bertz CT molecular complexity index is 208. The standard InChI is InChI=1S/C11H22N2O2S/c1-3-16-7-4-9(2)13-11(14)10-8-12-5-6-15-10/h9-10,12H,3-8H2,1-2H3,(H,13,14). The first-order valence-electron chi connectivity index (χ1n) is 5.94. The first-order valence-corrected chi connectivity index (χ1v) is 7.10. The molecule has 0 aromatic carbocycles. The summed E-state index contributed by atoms with van der Waals surface area (Å²) in [4.78, 5) is 11.8. The van der Waals surface area contributed by atoms with Crippen molar-refractivity contribution in [3.8, 4) is 0 Å². The van der Waals surface area contributed by atoms with Crippen LogP contribution >= 0.6 is 11.8 Å². The summed E-state index contributed by atoms with van der Waals surface area (Å²) in [6.45, 7) is 6.28. The van der Waals surface area contributed by atoms with E-state index < -0.39 is 0 Å². The molecule has 0 aliphatic carbocycles. The molecule has 2 unspecified atom stereocenters. The van der Waals surface area contributed by atoms with E-state index in [-0.39, 0.29) is 18.1 Å². The van der Waals surface area contributed by atoms with Crippen LogP contribution in [0.5, 0.6) is 0 Å².